The summed E-state index contributed by atoms with van der Waals surface area (Å²) >= 11 is 0. The molecule has 0 heterocycles. The predicted molar refractivity (Wildman–Crippen MR) is 112 cm³/mol. The summed E-state index contributed by atoms with van der Waals surface area (Å²) < 4.78 is 26.5. The Labute approximate surface area is 172 Å². The molecule has 0 radical (unpaired) electrons. The molecule has 1 atom stereocenters. The standard InChI is InChI=1S/C22H28F2N2O.ClH/c1-15(2)14-21(25)22(27)26-13-3-4-20(16-5-9-18(23)10-6-16)17-7-11-19(24)12-8-17;/h5-12,15,20-21H,3-4,13-14,25H2,1-2H3,(H,26,27);1H/t21-;/m0./s1. The number of nitrogens with one attached hydrogen (secondary N) is 1. The van der Waals surface area contributed by atoms with Crippen molar-refractivity contribution in [3.05, 3.63) is 71.3 Å². The van der Waals surface area contributed by atoms with E-state index in [-0.39, 0.29) is 35.9 Å². The molecule has 1 amide bonds. The SMILES string of the molecule is CC(C)C[C@H](N)C(=O)NCCCC(c1ccc(F)cc1)c1ccc(F)cc1.Cl. The van der Waals surface area contributed by atoms with Crippen molar-refractivity contribution in [2.75, 3.05) is 6.54 Å². The molecule has 0 bridgehead atoms. The maximum absolute atomic E-state index is 13.3. The number of carbonyl (C=O) groups is 1. The van der Waals surface area contributed by atoms with Crippen LogP contribution < -0.4 is 11.1 Å². The van der Waals surface area contributed by atoms with Crippen LogP contribution in [0, 0.1) is 17.6 Å². The largest absolute Gasteiger partial charge is 0.355 e. The number of hydrogen-bond acceptors (Lipinski definition) is 2. The first-order valence-corrected chi connectivity index (χ1v) is 9.41. The molecule has 0 unspecified atom stereocenters. The number of amides is 1. The number of nitrogens with two attached hydrogens (primary N) is 1. The van der Waals surface area contributed by atoms with E-state index in [4.69, 9.17) is 5.73 Å². The zero-order valence-corrected chi connectivity index (χ0v) is 17.1. The van der Waals surface area contributed by atoms with Crippen LogP contribution in [0.1, 0.15) is 50.2 Å². The van der Waals surface area contributed by atoms with Gasteiger partial charge in [0.2, 0.25) is 5.91 Å². The normalized spacial score (nSPS) is 12.0. The van der Waals surface area contributed by atoms with E-state index in [1.165, 1.54) is 24.3 Å². The minimum atomic E-state index is -0.491. The zero-order valence-electron chi connectivity index (χ0n) is 16.3. The monoisotopic (exact) mass is 410 g/mol. The van der Waals surface area contributed by atoms with Crippen LogP contribution in [0.3, 0.4) is 0 Å². The highest BCUT2D eigenvalue weighted by Crippen LogP contribution is 2.29. The molecule has 2 rings (SSSR count). The molecule has 0 aromatic heterocycles. The molecule has 154 valence electrons. The van der Waals surface area contributed by atoms with E-state index >= 15 is 0 Å². The summed E-state index contributed by atoms with van der Waals surface area (Å²) in [5, 5.41) is 2.88. The lowest BCUT2D eigenvalue weighted by Gasteiger charge is -2.19. The van der Waals surface area contributed by atoms with E-state index in [2.05, 4.69) is 5.32 Å². The van der Waals surface area contributed by atoms with Crippen LogP contribution in [0.2, 0.25) is 0 Å². The lowest BCUT2D eigenvalue weighted by molar-refractivity contribution is -0.122. The molecule has 6 heteroatoms. The second-order valence-electron chi connectivity index (χ2n) is 7.32. The molecule has 2 aromatic carbocycles. The van der Waals surface area contributed by atoms with Gasteiger partial charge in [-0.1, -0.05) is 38.1 Å². The van der Waals surface area contributed by atoms with Crippen LogP contribution >= 0.6 is 12.4 Å². The van der Waals surface area contributed by atoms with E-state index in [1.807, 2.05) is 13.8 Å². The van der Waals surface area contributed by atoms with Gasteiger partial charge in [-0.3, -0.25) is 4.79 Å². The molecule has 0 aliphatic carbocycles. The average molecular weight is 411 g/mol. The van der Waals surface area contributed by atoms with Gasteiger partial charge in [0.1, 0.15) is 11.6 Å². The van der Waals surface area contributed by atoms with Gasteiger partial charge in [0.05, 0.1) is 6.04 Å². The van der Waals surface area contributed by atoms with Crippen LogP contribution in [0.4, 0.5) is 8.78 Å². The Hall–Kier alpha value is -1.98. The summed E-state index contributed by atoms with van der Waals surface area (Å²) in [6.07, 6.45) is 2.14. The summed E-state index contributed by atoms with van der Waals surface area (Å²) in [6, 6.07) is 12.2. The Balaban J connectivity index is 0.00000392. The van der Waals surface area contributed by atoms with Crippen LogP contribution in [0.15, 0.2) is 48.5 Å². The van der Waals surface area contributed by atoms with Gasteiger partial charge in [-0.05, 0) is 60.6 Å². The molecule has 0 aliphatic rings. The first kappa shape index (κ1) is 24.1. The Bertz CT molecular complexity index is 675. The zero-order chi connectivity index (χ0) is 19.8. The van der Waals surface area contributed by atoms with Crippen LogP contribution in [-0.2, 0) is 4.79 Å². The van der Waals surface area contributed by atoms with Gasteiger partial charge < -0.3 is 11.1 Å². The van der Waals surface area contributed by atoms with Crippen molar-refractivity contribution in [3.8, 4) is 0 Å². The van der Waals surface area contributed by atoms with Gasteiger partial charge in [-0.25, -0.2) is 8.78 Å². The molecule has 2 aromatic rings. The molecule has 0 saturated carbocycles. The predicted octanol–water partition coefficient (Wildman–Crippen LogP) is 4.79. The Kier molecular flexibility index (Phi) is 10.1. The first-order valence-electron chi connectivity index (χ1n) is 9.41. The van der Waals surface area contributed by atoms with Crippen molar-refractivity contribution in [3.63, 3.8) is 0 Å². The molecule has 0 saturated heterocycles. The third kappa shape index (κ3) is 7.56. The summed E-state index contributed by atoms with van der Waals surface area (Å²) in [7, 11) is 0. The van der Waals surface area contributed by atoms with Crippen LogP contribution in [0.5, 0.6) is 0 Å². The average Bonchev–Trinajstić information content (AvgIpc) is 2.63. The Morgan fingerprint density at radius 3 is 1.86 bits per heavy atom. The van der Waals surface area contributed by atoms with Crippen molar-refractivity contribution in [2.24, 2.45) is 11.7 Å². The quantitative estimate of drug-likeness (QED) is 0.584. The van der Waals surface area contributed by atoms with E-state index in [9.17, 15) is 13.6 Å². The highest BCUT2D eigenvalue weighted by atomic mass is 35.5. The van der Waals surface area contributed by atoms with Crippen LogP contribution in [0.25, 0.3) is 0 Å². The summed E-state index contributed by atoms with van der Waals surface area (Å²) in [4.78, 5) is 12.0. The maximum Gasteiger partial charge on any atom is 0.236 e. The lowest BCUT2D eigenvalue weighted by atomic mass is 9.87. The van der Waals surface area contributed by atoms with E-state index in [0.717, 1.165) is 24.0 Å². The first-order chi connectivity index (χ1) is 12.9. The minimum Gasteiger partial charge on any atom is -0.355 e. The summed E-state index contributed by atoms with van der Waals surface area (Å²) in [6.45, 7) is 4.58. The van der Waals surface area contributed by atoms with E-state index in [1.54, 1.807) is 24.3 Å². The number of benzene rings is 2. The number of rotatable bonds is 9. The van der Waals surface area contributed by atoms with E-state index < -0.39 is 6.04 Å². The number of carbonyl (C=O) groups excluding carboxylic acids is 1. The minimum absolute atomic E-state index is 0. The fraction of sp³-hybridized carbons (Fsp3) is 0.409. The third-order valence-electron chi connectivity index (χ3n) is 4.58. The van der Waals surface area contributed by atoms with Crippen molar-refractivity contribution in [1.29, 1.82) is 0 Å². The highest BCUT2D eigenvalue weighted by Gasteiger charge is 2.16. The molecule has 28 heavy (non-hydrogen) atoms. The van der Waals surface area contributed by atoms with Crippen molar-refractivity contribution in [1.82, 2.24) is 5.32 Å². The molecule has 3 nitrogen and oxygen atoms in total. The van der Waals surface area contributed by atoms with Crippen molar-refractivity contribution in [2.45, 2.75) is 45.1 Å². The summed E-state index contributed by atoms with van der Waals surface area (Å²) in [5.41, 5.74) is 7.82. The van der Waals surface area contributed by atoms with Gasteiger partial charge in [-0.2, -0.15) is 0 Å². The molecular weight excluding hydrogens is 382 g/mol. The highest BCUT2D eigenvalue weighted by molar-refractivity contribution is 5.85. The van der Waals surface area contributed by atoms with Gasteiger partial charge in [0, 0.05) is 12.5 Å². The van der Waals surface area contributed by atoms with Gasteiger partial charge in [-0.15, -0.1) is 12.4 Å². The van der Waals surface area contributed by atoms with Gasteiger partial charge >= 0.3 is 0 Å². The fourth-order valence-electron chi connectivity index (χ4n) is 3.18. The second kappa shape index (κ2) is 11.8. The Morgan fingerprint density at radius 2 is 1.43 bits per heavy atom. The van der Waals surface area contributed by atoms with E-state index in [0.29, 0.717) is 18.9 Å². The number of hydrogen-bond donors (Lipinski definition) is 2. The van der Waals surface area contributed by atoms with Gasteiger partial charge in [0.25, 0.3) is 0 Å². The van der Waals surface area contributed by atoms with Gasteiger partial charge in [0.15, 0.2) is 0 Å². The number of halogens is 3. The molecule has 0 spiro atoms. The smallest absolute Gasteiger partial charge is 0.236 e. The Morgan fingerprint density at radius 1 is 0.964 bits per heavy atom. The molecular formula is C22H29ClF2N2O. The topological polar surface area (TPSA) is 55.1 Å². The lowest BCUT2D eigenvalue weighted by Crippen LogP contribution is -2.41. The molecule has 3 N–H and O–H groups in total. The third-order valence-corrected chi connectivity index (χ3v) is 4.58. The summed E-state index contributed by atoms with van der Waals surface area (Å²) in [5.74, 6) is -0.339. The molecule has 0 aliphatic heterocycles. The van der Waals surface area contributed by atoms with Crippen molar-refractivity contribution < 1.29 is 13.6 Å². The fourth-order valence-corrected chi connectivity index (χ4v) is 3.18. The molecule has 0 fully saturated rings. The van der Waals surface area contributed by atoms with Crippen LogP contribution in [-0.4, -0.2) is 18.5 Å². The van der Waals surface area contributed by atoms with Crippen molar-refractivity contribution >= 4 is 18.3 Å². The maximum atomic E-state index is 13.3. The second-order valence-corrected chi connectivity index (χ2v) is 7.32.